The zero-order chi connectivity index (χ0) is 16.1. The average Bonchev–Trinajstić information content (AvgIpc) is 2.52. The van der Waals surface area contributed by atoms with Crippen LogP contribution in [0, 0.1) is 6.92 Å². The van der Waals surface area contributed by atoms with E-state index in [-0.39, 0.29) is 11.3 Å². The molecule has 1 aromatic carbocycles. The van der Waals surface area contributed by atoms with E-state index >= 15 is 0 Å². The summed E-state index contributed by atoms with van der Waals surface area (Å²) in [6.45, 7) is 2.26. The van der Waals surface area contributed by atoms with Crippen LogP contribution in [0.4, 0.5) is 5.82 Å². The van der Waals surface area contributed by atoms with Crippen molar-refractivity contribution in [2.75, 3.05) is 19.5 Å². The van der Waals surface area contributed by atoms with Gasteiger partial charge in [0.2, 0.25) is 0 Å². The molecule has 0 amide bonds. The van der Waals surface area contributed by atoms with Crippen LogP contribution in [0.15, 0.2) is 30.5 Å². The molecular weight excluding hydrogens is 284 g/mol. The number of hydrogen-bond acceptors (Lipinski definition) is 5. The maximum absolute atomic E-state index is 11.5. The normalized spacial score (nSPS) is 10.1. The van der Waals surface area contributed by atoms with Gasteiger partial charge in [0, 0.05) is 11.1 Å². The van der Waals surface area contributed by atoms with Crippen LogP contribution >= 0.6 is 0 Å². The number of H-pyrrole nitrogens is 1. The molecule has 0 radical (unpaired) electrons. The van der Waals surface area contributed by atoms with Gasteiger partial charge in [-0.15, -0.1) is 0 Å². The number of carboxylic acid groups (broad SMARTS) is 1. The quantitative estimate of drug-likeness (QED) is 0.853. The molecule has 0 aliphatic carbocycles. The van der Waals surface area contributed by atoms with E-state index in [0.29, 0.717) is 17.9 Å². The highest BCUT2D eigenvalue weighted by molar-refractivity contribution is 5.92. The second kappa shape index (κ2) is 6.80. The van der Waals surface area contributed by atoms with Crippen LogP contribution in [-0.2, 0) is 6.54 Å². The lowest BCUT2D eigenvalue weighted by molar-refractivity contribution is -0.361. The van der Waals surface area contributed by atoms with Crippen molar-refractivity contribution in [1.29, 1.82) is 0 Å². The number of aromatic carboxylic acids is 1. The van der Waals surface area contributed by atoms with Gasteiger partial charge >= 0.3 is 0 Å². The van der Waals surface area contributed by atoms with E-state index in [1.807, 2.05) is 19.1 Å². The van der Waals surface area contributed by atoms with Gasteiger partial charge in [-0.05, 0) is 25.1 Å². The first-order chi connectivity index (χ1) is 10.6. The van der Waals surface area contributed by atoms with E-state index in [0.717, 1.165) is 11.4 Å². The minimum Gasteiger partial charge on any atom is -0.545 e. The molecule has 2 rings (SSSR count). The fourth-order valence-corrected chi connectivity index (χ4v) is 2.23. The minimum absolute atomic E-state index is 0.0112. The molecule has 0 bridgehead atoms. The van der Waals surface area contributed by atoms with Gasteiger partial charge < -0.3 is 19.4 Å². The van der Waals surface area contributed by atoms with Crippen LogP contribution in [0.5, 0.6) is 11.5 Å². The molecule has 0 atom stereocenters. The molecule has 6 heteroatoms. The van der Waals surface area contributed by atoms with Crippen molar-refractivity contribution in [2.24, 2.45) is 0 Å². The Morgan fingerprint density at radius 1 is 1.27 bits per heavy atom. The number of aromatic amines is 1. The Bertz CT molecular complexity index is 686. The highest BCUT2D eigenvalue weighted by atomic mass is 16.5. The molecule has 2 N–H and O–H groups in total. The lowest BCUT2D eigenvalue weighted by atomic mass is 10.1. The zero-order valence-electron chi connectivity index (χ0n) is 12.7. The average molecular weight is 302 g/mol. The molecule has 6 nitrogen and oxygen atoms in total. The summed E-state index contributed by atoms with van der Waals surface area (Å²) in [7, 11) is 2.85. The monoisotopic (exact) mass is 302 g/mol. The predicted octanol–water partition coefficient (Wildman–Crippen LogP) is 0.802. The fourth-order valence-electron chi connectivity index (χ4n) is 2.23. The maximum Gasteiger partial charge on any atom is 0.275 e. The Kier molecular flexibility index (Phi) is 4.83. The Labute approximate surface area is 128 Å². The van der Waals surface area contributed by atoms with Crippen LogP contribution in [-0.4, -0.2) is 20.2 Å². The molecular formula is C16H18N2O4. The van der Waals surface area contributed by atoms with Crippen molar-refractivity contribution in [3.05, 3.63) is 47.2 Å². The smallest absolute Gasteiger partial charge is 0.275 e. The largest absolute Gasteiger partial charge is 0.545 e. The van der Waals surface area contributed by atoms with E-state index in [9.17, 15) is 9.90 Å². The number of carbonyl (C=O) groups is 1. The third-order valence-corrected chi connectivity index (χ3v) is 3.36. The highest BCUT2D eigenvalue weighted by Crippen LogP contribution is 2.33. The highest BCUT2D eigenvalue weighted by Gasteiger charge is 2.17. The van der Waals surface area contributed by atoms with Gasteiger partial charge in [0.15, 0.2) is 11.5 Å². The lowest BCUT2D eigenvalue weighted by Crippen LogP contribution is -2.26. The summed E-state index contributed by atoms with van der Waals surface area (Å²) in [5.41, 5.74) is 1.57. The first kappa shape index (κ1) is 15.6. The number of methoxy groups -OCH3 is 2. The molecule has 22 heavy (non-hydrogen) atoms. The van der Waals surface area contributed by atoms with Crippen molar-refractivity contribution in [3.8, 4) is 11.5 Å². The Morgan fingerprint density at radius 2 is 2.05 bits per heavy atom. The summed E-state index contributed by atoms with van der Waals surface area (Å²) in [5, 5.41) is 14.6. The molecule has 1 aromatic heterocycles. The zero-order valence-corrected chi connectivity index (χ0v) is 12.7. The Morgan fingerprint density at radius 3 is 2.64 bits per heavy atom. The summed E-state index contributed by atoms with van der Waals surface area (Å²) in [6.07, 6.45) is 1.80. The van der Waals surface area contributed by atoms with Gasteiger partial charge in [-0.3, -0.25) is 5.32 Å². The van der Waals surface area contributed by atoms with Gasteiger partial charge in [0.1, 0.15) is 6.54 Å². The molecule has 0 saturated heterocycles. The number of carbonyl (C=O) groups excluding carboxylic acids is 1. The number of ether oxygens (including phenoxy) is 2. The molecule has 0 fully saturated rings. The molecule has 0 aliphatic heterocycles. The SMILES string of the molecule is COc1ccc(CNc2[nH+]cccc2C)c(C(=O)[O-])c1OC. The van der Waals surface area contributed by atoms with E-state index in [2.05, 4.69) is 10.3 Å². The van der Waals surface area contributed by atoms with Gasteiger partial charge in [-0.1, -0.05) is 6.07 Å². The number of anilines is 1. The van der Waals surface area contributed by atoms with E-state index in [1.54, 1.807) is 18.3 Å². The van der Waals surface area contributed by atoms with Crippen molar-refractivity contribution in [1.82, 2.24) is 0 Å². The number of benzene rings is 1. The Hall–Kier alpha value is -2.76. The first-order valence-corrected chi connectivity index (χ1v) is 6.74. The second-order valence-corrected chi connectivity index (χ2v) is 4.70. The van der Waals surface area contributed by atoms with Crippen LogP contribution in [0.2, 0.25) is 0 Å². The molecule has 116 valence electrons. The second-order valence-electron chi connectivity index (χ2n) is 4.70. The summed E-state index contributed by atoms with van der Waals surface area (Å²) in [6, 6.07) is 7.19. The standard InChI is InChI=1S/C16H18N2O4/c1-10-5-4-8-17-15(10)18-9-11-6-7-12(21-2)14(22-3)13(11)16(19)20/h4-8H,9H2,1-3H3,(H,17,18)(H,19,20). The topological polar surface area (TPSA) is 84.8 Å². The summed E-state index contributed by atoms with van der Waals surface area (Å²) >= 11 is 0. The van der Waals surface area contributed by atoms with Gasteiger partial charge in [-0.25, -0.2) is 4.98 Å². The van der Waals surface area contributed by atoms with E-state index in [4.69, 9.17) is 9.47 Å². The van der Waals surface area contributed by atoms with Gasteiger partial charge in [0.05, 0.1) is 31.9 Å². The molecule has 1 heterocycles. The molecule has 0 saturated carbocycles. The number of nitrogens with one attached hydrogen (secondary N) is 2. The third-order valence-electron chi connectivity index (χ3n) is 3.36. The lowest BCUT2D eigenvalue weighted by Gasteiger charge is -2.16. The first-order valence-electron chi connectivity index (χ1n) is 6.74. The van der Waals surface area contributed by atoms with E-state index < -0.39 is 5.97 Å². The van der Waals surface area contributed by atoms with Crippen molar-refractivity contribution in [2.45, 2.75) is 13.5 Å². The Balaban J connectivity index is 2.35. The number of rotatable bonds is 6. The molecule has 2 aromatic rings. The van der Waals surface area contributed by atoms with Crippen molar-refractivity contribution in [3.63, 3.8) is 0 Å². The number of hydrogen-bond donors (Lipinski definition) is 1. The number of carboxylic acids is 1. The van der Waals surface area contributed by atoms with Crippen LogP contribution < -0.4 is 24.9 Å². The summed E-state index contributed by atoms with van der Waals surface area (Å²) in [5.74, 6) is 0.0337. The molecule has 0 spiro atoms. The molecule has 0 unspecified atom stereocenters. The third kappa shape index (κ3) is 3.11. The number of aryl methyl sites for hydroxylation is 1. The minimum atomic E-state index is -1.30. The van der Waals surface area contributed by atoms with E-state index in [1.165, 1.54) is 14.2 Å². The summed E-state index contributed by atoms with van der Waals surface area (Å²) in [4.78, 5) is 14.5. The van der Waals surface area contributed by atoms with Crippen LogP contribution in [0.3, 0.4) is 0 Å². The number of pyridine rings is 1. The predicted molar refractivity (Wildman–Crippen MR) is 78.9 cm³/mol. The maximum atomic E-state index is 11.5. The van der Waals surface area contributed by atoms with Gasteiger partial charge in [0.25, 0.3) is 5.82 Å². The molecule has 0 aliphatic rings. The van der Waals surface area contributed by atoms with Crippen molar-refractivity contribution >= 4 is 11.8 Å². The van der Waals surface area contributed by atoms with Gasteiger partial charge in [-0.2, -0.15) is 0 Å². The number of aromatic nitrogens is 1. The van der Waals surface area contributed by atoms with Crippen LogP contribution in [0.1, 0.15) is 21.5 Å². The van der Waals surface area contributed by atoms with Crippen molar-refractivity contribution < 1.29 is 24.4 Å². The summed E-state index contributed by atoms with van der Waals surface area (Å²) < 4.78 is 10.3. The fraction of sp³-hybridized carbons (Fsp3) is 0.250. The van der Waals surface area contributed by atoms with Crippen LogP contribution in [0.25, 0.3) is 0 Å².